The lowest BCUT2D eigenvalue weighted by Crippen LogP contribution is -1.97. The van der Waals surface area contributed by atoms with E-state index in [4.69, 9.17) is 4.42 Å². The van der Waals surface area contributed by atoms with Crippen LogP contribution in [0.15, 0.2) is 22.8 Å². The first-order chi connectivity index (χ1) is 6.25. The van der Waals surface area contributed by atoms with E-state index in [2.05, 4.69) is 15.0 Å². The first-order valence-electron chi connectivity index (χ1n) is 3.99. The summed E-state index contributed by atoms with van der Waals surface area (Å²) < 4.78 is 5.18. The first-order valence-corrected chi connectivity index (χ1v) is 3.99. The molecule has 0 bridgehead atoms. The van der Waals surface area contributed by atoms with E-state index >= 15 is 0 Å². The van der Waals surface area contributed by atoms with Gasteiger partial charge < -0.3 is 4.42 Å². The zero-order valence-electron chi connectivity index (χ0n) is 7.48. The third kappa shape index (κ3) is 1.56. The van der Waals surface area contributed by atoms with E-state index in [9.17, 15) is 0 Å². The Balaban J connectivity index is 2.53. The number of nitrogens with zero attached hydrogens (tertiary/aromatic N) is 3. The Morgan fingerprint density at radius 2 is 1.77 bits per heavy atom. The van der Waals surface area contributed by atoms with Crippen molar-refractivity contribution in [3.63, 3.8) is 0 Å². The molecule has 0 saturated carbocycles. The van der Waals surface area contributed by atoms with Gasteiger partial charge in [0.2, 0.25) is 0 Å². The van der Waals surface area contributed by atoms with Crippen molar-refractivity contribution < 1.29 is 4.42 Å². The molecule has 0 unspecified atom stereocenters. The van der Waals surface area contributed by atoms with Crippen LogP contribution in [-0.2, 0) is 0 Å². The standard InChI is InChI=1S/C9H9N3O/c1-6-10-7(2)12-9(11-6)8-4-3-5-13-8/h3-5H,1-2H3. The molecule has 0 saturated heterocycles. The van der Waals surface area contributed by atoms with Crippen LogP contribution in [0.1, 0.15) is 11.6 Å². The van der Waals surface area contributed by atoms with Gasteiger partial charge in [0.1, 0.15) is 11.6 Å². The third-order valence-electron chi connectivity index (χ3n) is 1.60. The molecule has 0 spiro atoms. The molecule has 2 aromatic heterocycles. The Bertz CT molecular complexity index is 389. The van der Waals surface area contributed by atoms with Crippen molar-refractivity contribution in [2.75, 3.05) is 0 Å². The van der Waals surface area contributed by atoms with Gasteiger partial charge in [-0.25, -0.2) is 15.0 Å². The van der Waals surface area contributed by atoms with Crippen LogP contribution in [0.2, 0.25) is 0 Å². The lowest BCUT2D eigenvalue weighted by molar-refractivity contribution is 0.575. The molecule has 0 radical (unpaired) electrons. The van der Waals surface area contributed by atoms with E-state index in [1.165, 1.54) is 0 Å². The van der Waals surface area contributed by atoms with Crippen molar-refractivity contribution >= 4 is 0 Å². The number of rotatable bonds is 1. The minimum absolute atomic E-state index is 0.593. The molecule has 13 heavy (non-hydrogen) atoms. The average molecular weight is 175 g/mol. The fourth-order valence-corrected chi connectivity index (χ4v) is 1.13. The summed E-state index contributed by atoms with van der Waals surface area (Å²) in [5.74, 6) is 2.68. The van der Waals surface area contributed by atoms with E-state index in [1.807, 2.05) is 26.0 Å². The lowest BCUT2D eigenvalue weighted by Gasteiger charge is -1.98. The molecule has 0 fully saturated rings. The number of hydrogen-bond donors (Lipinski definition) is 0. The van der Waals surface area contributed by atoms with Crippen molar-refractivity contribution in [2.45, 2.75) is 13.8 Å². The second-order valence-corrected chi connectivity index (χ2v) is 2.73. The fourth-order valence-electron chi connectivity index (χ4n) is 1.13. The molecule has 0 aliphatic heterocycles. The predicted molar refractivity (Wildman–Crippen MR) is 47.0 cm³/mol. The molecular formula is C9H9N3O. The molecule has 2 heterocycles. The normalized spacial score (nSPS) is 10.3. The maximum Gasteiger partial charge on any atom is 0.199 e. The average Bonchev–Trinajstić information content (AvgIpc) is 2.53. The van der Waals surface area contributed by atoms with Crippen LogP contribution in [0.4, 0.5) is 0 Å². The fraction of sp³-hybridized carbons (Fsp3) is 0.222. The van der Waals surface area contributed by atoms with Crippen molar-refractivity contribution in [1.82, 2.24) is 15.0 Å². The molecule has 66 valence electrons. The van der Waals surface area contributed by atoms with E-state index in [0.717, 1.165) is 0 Å². The SMILES string of the molecule is Cc1nc(C)nc(-c2ccco2)n1. The smallest absolute Gasteiger partial charge is 0.199 e. The molecule has 2 rings (SSSR count). The van der Waals surface area contributed by atoms with Gasteiger partial charge in [0.15, 0.2) is 11.6 Å². The van der Waals surface area contributed by atoms with Crippen LogP contribution in [0.25, 0.3) is 11.6 Å². The zero-order chi connectivity index (χ0) is 9.26. The van der Waals surface area contributed by atoms with Gasteiger partial charge >= 0.3 is 0 Å². The molecule has 0 amide bonds. The van der Waals surface area contributed by atoms with Gasteiger partial charge in [-0.05, 0) is 26.0 Å². The summed E-state index contributed by atoms with van der Waals surface area (Å²) in [5, 5.41) is 0. The minimum atomic E-state index is 0.593. The second kappa shape index (κ2) is 2.97. The molecular weight excluding hydrogens is 166 g/mol. The molecule has 0 aliphatic carbocycles. The van der Waals surface area contributed by atoms with Crippen LogP contribution in [0, 0.1) is 13.8 Å². The summed E-state index contributed by atoms with van der Waals surface area (Å²) in [6.45, 7) is 3.67. The molecule has 0 aromatic carbocycles. The van der Waals surface area contributed by atoms with Crippen molar-refractivity contribution in [3.05, 3.63) is 30.0 Å². The summed E-state index contributed by atoms with van der Waals surface area (Å²) in [6, 6.07) is 3.64. The van der Waals surface area contributed by atoms with Gasteiger partial charge in [-0.3, -0.25) is 0 Å². The van der Waals surface area contributed by atoms with Crippen molar-refractivity contribution in [1.29, 1.82) is 0 Å². The van der Waals surface area contributed by atoms with E-state index in [0.29, 0.717) is 23.2 Å². The maximum absolute atomic E-state index is 5.18. The Morgan fingerprint density at radius 1 is 1.08 bits per heavy atom. The minimum Gasteiger partial charge on any atom is -0.461 e. The van der Waals surface area contributed by atoms with Gasteiger partial charge in [0, 0.05) is 0 Å². The number of aryl methyl sites for hydroxylation is 2. The predicted octanol–water partition coefficient (Wildman–Crippen LogP) is 1.75. The van der Waals surface area contributed by atoms with Crippen LogP contribution in [0.5, 0.6) is 0 Å². The van der Waals surface area contributed by atoms with E-state index in [1.54, 1.807) is 6.26 Å². The Hall–Kier alpha value is -1.71. The highest BCUT2D eigenvalue weighted by atomic mass is 16.3. The van der Waals surface area contributed by atoms with Crippen molar-refractivity contribution in [3.8, 4) is 11.6 Å². The number of aromatic nitrogens is 3. The molecule has 4 heteroatoms. The quantitative estimate of drug-likeness (QED) is 0.662. The summed E-state index contributed by atoms with van der Waals surface area (Å²) >= 11 is 0. The molecule has 0 aliphatic rings. The molecule has 2 aromatic rings. The molecule has 0 N–H and O–H groups in total. The van der Waals surface area contributed by atoms with Gasteiger partial charge in [-0.15, -0.1) is 0 Å². The number of furan rings is 1. The van der Waals surface area contributed by atoms with Gasteiger partial charge in [0.25, 0.3) is 0 Å². The first kappa shape index (κ1) is 7.91. The highest BCUT2D eigenvalue weighted by Gasteiger charge is 2.05. The van der Waals surface area contributed by atoms with E-state index < -0.39 is 0 Å². The highest BCUT2D eigenvalue weighted by Crippen LogP contribution is 2.14. The summed E-state index contributed by atoms with van der Waals surface area (Å²) in [4.78, 5) is 12.4. The highest BCUT2D eigenvalue weighted by molar-refractivity contribution is 5.45. The lowest BCUT2D eigenvalue weighted by atomic mass is 10.4. The molecule has 0 atom stereocenters. The van der Waals surface area contributed by atoms with Crippen LogP contribution >= 0.6 is 0 Å². The Labute approximate surface area is 75.7 Å². The van der Waals surface area contributed by atoms with Gasteiger partial charge in [-0.2, -0.15) is 0 Å². The summed E-state index contributed by atoms with van der Waals surface area (Å²) in [5.41, 5.74) is 0. The number of hydrogen-bond acceptors (Lipinski definition) is 4. The summed E-state index contributed by atoms with van der Waals surface area (Å²) in [6.07, 6.45) is 1.60. The Morgan fingerprint density at radius 3 is 2.31 bits per heavy atom. The monoisotopic (exact) mass is 175 g/mol. The van der Waals surface area contributed by atoms with Crippen LogP contribution < -0.4 is 0 Å². The maximum atomic E-state index is 5.18. The second-order valence-electron chi connectivity index (χ2n) is 2.73. The van der Waals surface area contributed by atoms with Gasteiger partial charge in [-0.1, -0.05) is 0 Å². The van der Waals surface area contributed by atoms with Crippen molar-refractivity contribution in [2.24, 2.45) is 0 Å². The van der Waals surface area contributed by atoms with Crippen LogP contribution in [-0.4, -0.2) is 15.0 Å². The molecule has 4 nitrogen and oxygen atoms in total. The Kier molecular flexibility index (Phi) is 1.81. The summed E-state index contributed by atoms with van der Waals surface area (Å²) in [7, 11) is 0. The van der Waals surface area contributed by atoms with Gasteiger partial charge in [0.05, 0.1) is 6.26 Å². The third-order valence-corrected chi connectivity index (χ3v) is 1.60. The van der Waals surface area contributed by atoms with Crippen LogP contribution in [0.3, 0.4) is 0 Å². The van der Waals surface area contributed by atoms with E-state index in [-0.39, 0.29) is 0 Å². The topological polar surface area (TPSA) is 51.8 Å². The largest absolute Gasteiger partial charge is 0.461 e. The zero-order valence-corrected chi connectivity index (χ0v) is 7.48.